The van der Waals surface area contributed by atoms with E-state index in [9.17, 15) is 0 Å². The summed E-state index contributed by atoms with van der Waals surface area (Å²) in [5.74, 6) is 0. The first-order chi connectivity index (χ1) is 6.93. The van der Waals surface area contributed by atoms with Gasteiger partial charge in [0.1, 0.15) is 0 Å². The van der Waals surface area contributed by atoms with Crippen molar-refractivity contribution < 1.29 is 4.74 Å². The van der Waals surface area contributed by atoms with Crippen LogP contribution in [0.25, 0.3) is 0 Å². The van der Waals surface area contributed by atoms with Gasteiger partial charge in [0.15, 0.2) is 0 Å². The summed E-state index contributed by atoms with van der Waals surface area (Å²) in [4.78, 5) is 0. The summed E-state index contributed by atoms with van der Waals surface area (Å²) in [5.41, 5.74) is 3.23. The molecule has 0 N–H and O–H groups in total. The second kappa shape index (κ2) is 7.84. The normalized spacial score (nSPS) is 25.4. The molecule has 1 aliphatic rings. The van der Waals surface area contributed by atoms with Crippen LogP contribution in [-0.2, 0) is 4.74 Å². The Hall–Kier alpha value is -0.520. The zero-order valence-corrected chi connectivity index (χ0v) is 9.30. The molecule has 1 atom stereocenters. The van der Waals surface area contributed by atoms with E-state index >= 15 is 0 Å². The molecule has 1 nitrogen and oxygen atoms in total. The highest BCUT2D eigenvalue weighted by molar-refractivity contribution is 4.90. The molecule has 1 unspecified atom stereocenters. The van der Waals surface area contributed by atoms with Crippen LogP contribution in [0.4, 0.5) is 0 Å². The predicted octanol–water partition coefficient (Wildman–Crippen LogP) is 3.85. The topological polar surface area (TPSA) is 9.23 Å². The lowest BCUT2D eigenvalue weighted by Gasteiger charge is -2.09. The minimum atomic E-state index is 0.283. The molecule has 0 spiro atoms. The molecule has 0 bridgehead atoms. The number of ether oxygens (including phenoxy) is 1. The Kier molecular flexibility index (Phi) is 6.47. The highest BCUT2D eigenvalue weighted by Gasteiger charge is 2.02. The van der Waals surface area contributed by atoms with E-state index in [4.69, 9.17) is 4.74 Å². The van der Waals surface area contributed by atoms with Gasteiger partial charge in [-0.05, 0) is 31.4 Å². The fourth-order valence-corrected chi connectivity index (χ4v) is 1.83. The van der Waals surface area contributed by atoms with Gasteiger partial charge >= 0.3 is 0 Å². The third-order valence-corrected chi connectivity index (χ3v) is 2.79. The Morgan fingerprint density at radius 3 is 2.57 bits per heavy atom. The number of methoxy groups -OCH3 is 1. The van der Waals surface area contributed by atoms with E-state index in [-0.39, 0.29) is 6.10 Å². The number of hydrogen-bond donors (Lipinski definition) is 0. The number of rotatable bonds is 1. The fraction of sp³-hybridized carbons (Fsp3) is 0.769. The summed E-state index contributed by atoms with van der Waals surface area (Å²) >= 11 is 0. The van der Waals surface area contributed by atoms with Crippen molar-refractivity contribution in [2.45, 2.75) is 57.5 Å². The van der Waals surface area contributed by atoms with Crippen LogP contribution in [0.5, 0.6) is 0 Å². The first kappa shape index (κ1) is 11.6. The molecule has 0 amide bonds. The standard InChI is InChI=1S/C13H22O/c1-14-13-11-9-7-5-3-2-4-6-8-10-12-13/h7,11,13H,2-6,8,10,12H2,1H3. The molecule has 0 fully saturated rings. The van der Waals surface area contributed by atoms with E-state index in [0.29, 0.717) is 0 Å². The summed E-state index contributed by atoms with van der Waals surface area (Å²) in [6.45, 7) is 0. The lowest BCUT2D eigenvalue weighted by Crippen LogP contribution is -2.05. The van der Waals surface area contributed by atoms with Crippen LogP contribution in [0.2, 0.25) is 0 Å². The summed E-state index contributed by atoms with van der Waals surface area (Å²) < 4.78 is 5.36. The molecule has 0 aromatic carbocycles. The molecule has 0 aromatic rings. The maximum Gasteiger partial charge on any atom is 0.0825 e. The molecule has 0 saturated heterocycles. The van der Waals surface area contributed by atoms with Gasteiger partial charge in [0.2, 0.25) is 0 Å². The van der Waals surface area contributed by atoms with Crippen molar-refractivity contribution in [1.82, 2.24) is 0 Å². The van der Waals surface area contributed by atoms with E-state index in [1.54, 1.807) is 7.11 Å². The molecular weight excluding hydrogens is 172 g/mol. The molecule has 0 heterocycles. The number of hydrogen-bond acceptors (Lipinski definition) is 1. The van der Waals surface area contributed by atoms with Gasteiger partial charge in [-0.2, -0.15) is 0 Å². The van der Waals surface area contributed by atoms with Gasteiger partial charge in [0, 0.05) is 7.11 Å². The molecule has 1 aliphatic carbocycles. The molecule has 80 valence electrons. The van der Waals surface area contributed by atoms with E-state index in [2.05, 4.69) is 17.9 Å². The molecule has 14 heavy (non-hydrogen) atoms. The van der Waals surface area contributed by atoms with E-state index in [1.165, 1.54) is 44.9 Å². The van der Waals surface area contributed by atoms with Gasteiger partial charge < -0.3 is 4.74 Å². The molecule has 1 heteroatoms. The minimum absolute atomic E-state index is 0.283. The first-order valence-corrected chi connectivity index (χ1v) is 5.87. The average Bonchev–Trinajstić information content (AvgIpc) is 2.19. The second-order valence-electron chi connectivity index (χ2n) is 4.01. The van der Waals surface area contributed by atoms with Crippen LogP contribution in [0, 0.1) is 0 Å². The van der Waals surface area contributed by atoms with Gasteiger partial charge in [-0.3, -0.25) is 0 Å². The second-order valence-corrected chi connectivity index (χ2v) is 4.01. The van der Waals surface area contributed by atoms with Gasteiger partial charge in [-0.15, -0.1) is 5.73 Å². The van der Waals surface area contributed by atoms with Crippen molar-refractivity contribution in [1.29, 1.82) is 0 Å². The van der Waals surface area contributed by atoms with Crippen LogP contribution in [0.3, 0.4) is 0 Å². The summed E-state index contributed by atoms with van der Waals surface area (Å²) in [5, 5.41) is 0. The Bertz CT molecular complexity index is 189. The average molecular weight is 194 g/mol. The van der Waals surface area contributed by atoms with Crippen molar-refractivity contribution in [3.05, 3.63) is 17.9 Å². The Morgan fingerprint density at radius 2 is 1.79 bits per heavy atom. The summed E-state index contributed by atoms with van der Waals surface area (Å²) in [7, 11) is 1.79. The SMILES string of the molecule is COC1C=C=CCCCCCCCC1. The van der Waals surface area contributed by atoms with Crippen LogP contribution in [0.15, 0.2) is 17.9 Å². The summed E-state index contributed by atoms with van der Waals surface area (Å²) in [6.07, 6.45) is 15.0. The van der Waals surface area contributed by atoms with Gasteiger partial charge in [0.25, 0.3) is 0 Å². The quantitative estimate of drug-likeness (QED) is 0.576. The van der Waals surface area contributed by atoms with Gasteiger partial charge in [-0.25, -0.2) is 0 Å². The first-order valence-electron chi connectivity index (χ1n) is 5.87. The highest BCUT2D eigenvalue weighted by atomic mass is 16.5. The van der Waals surface area contributed by atoms with Gasteiger partial charge in [0.05, 0.1) is 6.10 Å². The van der Waals surface area contributed by atoms with Crippen molar-refractivity contribution in [3.63, 3.8) is 0 Å². The highest BCUT2D eigenvalue weighted by Crippen LogP contribution is 2.12. The smallest absolute Gasteiger partial charge is 0.0825 e. The third-order valence-electron chi connectivity index (χ3n) is 2.79. The summed E-state index contributed by atoms with van der Waals surface area (Å²) in [6, 6.07) is 0. The van der Waals surface area contributed by atoms with Crippen LogP contribution in [-0.4, -0.2) is 13.2 Å². The fourth-order valence-electron chi connectivity index (χ4n) is 1.83. The zero-order chi connectivity index (χ0) is 10.1. The van der Waals surface area contributed by atoms with Crippen molar-refractivity contribution >= 4 is 0 Å². The third kappa shape index (κ3) is 5.26. The van der Waals surface area contributed by atoms with Crippen molar-refractivity contribution in [2.75, 3.05) is 7.11 Å². The van der Waals surface area contributed by atoms with E-state index in [0.717, 1.165) is 6.42 Å². The molecular formula is C13H22O. The molecule has 0 radical (unpaired) electrons. The molecule has 0 aliphatic heterocycles. The molecule has 1 rings (SSSR count). The maximum atomic E-state index is 5.36. The Labute approximate surface area is 87.8 Å². The van der Waals surface area contributed by atoms with Crippen LogP contribution in [0.1, 0.15) is 51.4 Å². The van der Waals surface area contributed by atoms with Gasteiger partial charge in [-0.1, -0.05) is 32.1 Å². The van der Waals surface area contributed by atoms with Crippen LogP contribution < -0.4 is 0 Å². The van der Waals surface area contributed by atoms with Crippen molar-refractivity contribution in [3.8, 4) is 0 Å². The zero-order valence-electron chi connectivity index (χ0n) is 9.30. The largest absolute Gasteiger partial charge is 0.377 e. The minimum Gasteiger partial charge on any atom is -0.377 e. The predicted molar refractivity (Wildman–Crippen MR) is 60.4 cm³/mol. The molecule has 0 saturated carbocycles. The monoisotopic (exact) mass is 194 g/mol. The van der Waals surface area contributed by atoms with E-state index < -0.39 is 0 Å². The Morgan fingerprint density at radius 1 is 1.07 bits per heavy atom. The van der Waals surface area contributed by atoms with Crippen LogP contribution >= 0.6 is 0 Å². The Balaban J connectivity index is 2.40. The lowest BCUT2D eigenvalue weighted by molar-refractivity contribution is 0.131. The molecule has 0 aromatic heterocycles. The lowest BCUT2D eigenvalue weighted by atomic mass is 10.0. The maximum absolute atomic E-state index is 5.36. The van der Waals surface area contributed by atoms with E-state index in [1.807, 2.05) is 0 Å². The van der Waals surface area contributed by atoms with Crippen molar-refractivity contribution in [2.24, 2.45) is 0 Å².